The zero-order valence-electron chi connectivity index (χ0n) is 11.5. The van der Waals surface area contributed by atoms with Crippen LogP contribution in [0.2, 0.25) is 0 Å². The zero-order chi connectivity index (χ0) is 13.1. The van der Waals surface area contributed by atoms with Crippen LogP contribution in [0.4, 0.5) is 5.69 Å². The van der Waals surface area contributed by atoms with Gasteiger partial charge >= 0.3 is 0 Å². The van der Waals surface area contributed by atoms with Crippen molar-refractivity contribution in [3.8, 4) is 0 Å². The van der Waals surface area contributed by atoms with Gasteiger partial charge in [-0.3, -0.25) is 0 Å². The third-order valence-corrected chi connectivity index (χ3v) is 4.63. The SMILES string of the molecule is OCC1CCCCC1NCc1cccc2c1NCC2. The first-order chi connectivity index (χ1) is 9.38. The van der Waals surface area contributed by atoms with Crippen LogP contribution in [0.15, 0.2) is 18.2 Å². The summed E-state index contributed by atoms with van der Waals surface area (Å²) in [5.41, 5.74) is 4.16. The van der Waals surface area contributed by atoms with Crippen molar-refractivity contribution < 1.29 is 5.11 Å². The topological polar surface area (TPSA) is 44.3 Å². The van der Waals surface area contributed by atoms with Crippen molar-refractivity contribution in [3.63, 3.8) is 0 Å². The number of para-hydroxylation sites is 1. The Labute approximate surface area is 115 Å². The fourth-order valence-corrected chi connectivity index (χ4v) is 3.49. The Kier molecular flexibility index (Phi) is 4.04. The first-order valence-corrected chi connectivity index (χ1v) is 7.57. The smallest absolute Gasteiger partial charge is 0.0474 e. The molecule has 1 aromatic carbocycles. The minimum atomic E-state index is 0.322. The fourth-order valence-electron chi connectivity index (χ4n) is 3.49. The number of rotatable bonds is 4. The van der Waals surface area contributed by atoms with Crippen LogP contribution >= 0.6 is 0 Å². The van der Waals surface area contributed by atoms with Crippen LogP contribution in [-0.2, 0) is 13.0 Å². The monoisotopic (exact) mass is 260 g/mol. The summed E-state index contributed by atoms with van der Waals surface area (Å²) in [6.45, 7) is 2.30. The first kappa shape index (κ1) is 12.9. The lowest BCUT2D eigenvalue weighted by Crippen LogP contribution is -2.39. The average molecular weight is 260 g/mol. The molecule has 0 radical (unpaired) electrons. The molecular formula is C16H24N2O. The van der Waals surface area contributed by atoms with Gasteiger partial charge in [-0.1, -0.05) is 31.0 Å². The van der Waals surface area contributed by atoms with E-state index in [1.54, 1.807) is 0 Å². The van der Waals surface area contributed by atoms with Gasteiger partial charge in [0.1, 0.15) is 0 Å². The number of anilines is 1. The highest BCUT2D eigenvalue weighted by molar-refractivity contribution is 5.61. The molecule has 1 aromatic rings. The molecule has 1 aliphatic heterocycles. The number of benzene rings is 1. The van der Waals surface area contributed by atoms with Gasteiger partial charge in [-0.15, -0.1) is 0 Å². The summed E-state index contributed by atoms with van der Waals surface area (Å²) in [7, 11) is 0. The molecule has 2 aliphatic rings. The van der Waals surface area contributed by atoms with E-state index in [9.17, 15) is 5.11 Å². The minimum Gasteiger partial charge on any atom is -0.396 e. The van der Waals surface area contributed by atoms with Gasteiger partial charge in [-0.2, -0.15) is 0 Å². The van der Waals surface area contributed by atoms with Crippen molar-refractivity contribution in [2.75, 3.05) is 18.5 Å². The Morgan fingerprint density at radius 1 is 1.26 bits per heavy atom. The molecule has 2 unspecified atom stereocenters. The number of nitrogens with one attached hydrogen (secondary N) is 2. The summed E-state index contributed by atoms with van der Waals surface area (Å²) >= 11 is 0. The van der Waals surface area contributed by atoms with Crippen molar-refractivity contribution in [2.24, 2.45) is 5.92 Å². The van der Waals surface area contributed by atoms with Crippen LogP contribution in [0.5, 0.6) is 0 Å². The molecule has 3 nitrogen and oxygen atoms in total. The third kappa shape index (κ3) is 2.77. The van der Waals surface area contributed by atoms with Crippen molar-refractivity contribution >= 4 is 5.69 Å². The molecule has 0 amide bonds. The highest BCUT2D eigenvalue weighted by atomic mass is 16.3. The van der Waals surface area contributed by atoms with Crippen molar-refractivity contribution in [2.45, 2.75) is 44.7 Å². The summed E-state index contributed by atoms with van der Waals surface area (Å²) < 4.78 is 0. The fraction of sp³-hybridized carbons (Fsp3) is 0.625. The number of fused-ring (bicyclic) bond motifs is 1. The van der Waals surface area contributed by atoms with Crippen molar-refractivity contribution in [3.05, 3.63) is 29.3 Å². The molecule has 0 aromatic heterocycles. The molecule has 0 bridgehead atoms. The molecule has 3 heteroatoms. The molecule has 1 aliphatic carbocycles. The minimum absolute atomic E-state index is 0.322. The van der Waals surface area contributed by atoms with E-state index in [-0.39, 0.29) is 0 Å². The van der Waals surface area contributed by atoms with E-state index in [1.807, 2.05) is 0 Å². The molecule has 2 atom stereocenters. The van der Waals surface area contributed by atoms with Gasteiger partial charge in [-0.25, -0.2) is 0 Å². The van der Waals surface area contributed by atoms with Crippen LogP contribution in [0, 0.1) is 5.92 Å². The van der Waals surface area contributed by atoms with E-state index in [0.717, 1.165) is 19.5 Å². The lowest BCUT2D eigenvalue weighted by atomic mass is 9.85. The van der Waals surface area contributed by atoms with E-state index in [2.05, 4.69) is 28.8 Å². The molecule has 19 heavy (non-hydrogen) atoms. The summed E-state index contributed by atoms with van der Waals surface area (Å²) in [4.78, 5) is 0. The predicted octanol–water partition coefficient (Wildman–Crippen LogP) is 2.30. The molecule has 3 N–H and O–H groups in total. The van der Waals surface area contributed by atoms with E-state index in [4.69, 9.17) is 0 Å². The van der Waals surface area contributed by atoms with Crippen molar-refractivity contribution in [1.82, 2.24) is 5.32 Å². The van der Waals surface area contributed by atoms with Gasteiger partial charge in [0, 0.05) is 31.4 Å². The van der Waals surface area contributed by atoms with Crippen LogP contribution in [0.25, 0.3) is 0 Å². The van der Waals surface area contributed by atoms with Gasteiger partial charge < -0.3 is 15.7 Å². The van der Waals surface area contributed by atoms with Crippen LogP contribution in [-0.4, -0.2) is 24.3 Å². The number of aliphatic hydroxyl groups is 1. The van der Waals surface area contributed by atoms with Gasteiger partial charge in [0.2, 0.25) is 0 Å². The van der Waals surface area contributed by atoms with E-state index >= 15 is 0 Å². The normalized spacial score (nSPS) is 25.9. The summed E-state index contributed by atoms with van der Waals surface area (Å²) in [6, 6.07) is 7.07. The standard InChI is InChI=1S/C16H24N2O/c19-11-14-4-1-2-7-15(14)18-10-13-6-3-5-12-8-9-17-16(12)13/h3,5-6,14-15,17-19H,1-2,4,7-11H2. The molecule has 1 fully saturated rings. The maximum Gasteiger partial charge on any atom is 0.0474 e. The average Bonchev–Trinajstić information content (AvgIpc) is 2.94. The van der Waals surface area contributed by atoms with E-state index < -0.39 is 0 Å². The Balaban J connectivity index is 1.64. The Bertz CT molecular complexity index is 433. The van der Waals surface area contributed by atoms with Gasteiger partial charge in [0.25, 0.3) is 0 Å². The molecule has 104 valence electrons. The van der Waals surface area contributed by atoms with Gasteiger partial charge in [-0.05, 0) is 36.3 Å². The Morgan fingerprint density at radius 2 is 2.16 bits per heavy atom. The highest BCUT2D eigenvalue weighted by Crippen LogP contribution is 2.28. The quantitative estimate of drug-likeness (QED) is 0.778. The molecule has 1 heterocycles. The van der Waals surface area contributed by atoms with E-state index in [0.29, 0.717) is 18.6 Å². The molecule has 1 saturated carbocycles. The predicted molar refractivity (Wildman–Crippen MR) is 78.3 cm³/mol. The zero-order valence-corrected chi connectivity index (χ0v) is 11.5. The molecule has 0 saturated heterocycles. The maximum absolute atomic E-state index is 9.46. The lowest BCUT2D eigenvalue weighted by Gasteiger charge is -2.31. The van der Waals surface area contributed by atoms with Gasteiger partial charge in [0.05, 0.1) is 0 Å². The number of hydrogen-bond donors (Lipinski definition) is 3. The van der Waals surface area contributed by atoms with Crippen LogP contribution in [0.1, 0.15) is 36.8 Å². The second-order valence-electron chi connectivity index (χ2n) is 5.84. The highest BCUT2D eigenvalue weighted by Gasteiger charge is 2.24. The Morgan fingerprint density at radius 3 is 3.05 bits per heavy atom. The van der Waals surface area contributed by atoms with Crippen molar-refractivity contribution in [1.29, 1.82) is 0 Å². The third-order valence-electron chi connectivity index (χ3n) is 4.63. The lowest BCUT2D eigenvalue weighted by molar-refractivity contribution is 0.152. The summed E-state index contributed by atoms with van der Waals surface area (Å²) in [5.74, 6) is 0.443. The molecule has 0 spiro atoms. The first-order valence-electron chi connectivity index (χ1n) is 7.57. The number of aliphatic hydroxyl groups excluding tert-OH is 1. The molecular weight excluding hydrogens is 236 g/mol. The van der Waals surface area contributed by atoms with E-state index in [1.165, 1.54) is 42.5 Å². The maximum atomic E-state index is 9.46. The second-order valence-corrected chi connectivity index (χ2v) is 5.84. The summed E-state index contributed by atoms with van der Waals surface area (Å²) in [6.07, 6.45) is 6.07. The summed E-state index contributed by atoms with van der Waals surface area (Å²) in [5, 5.41) is 16.6. The largest absolute Gasteiger partial charge is 0.396 e. The van der Waals surface area contributed by atoms with Crippen LogP contribution in [0.3, 0.4) is 0 Å². The Hall–Kier alpha value is -1.06. The van der Waals surface area contributed by atoms with Crippen LogP contribution < -0.4 is 10.6 Å². The van der Waals surface area contributed by atoms with Gasteiger partial charge in [0.15, 0.2) is 0 Å². The second kappa shape index (κ2) is 5.93. The number of hydrogen-bond acceptors (Lipinski definition) is 3. The molecule has 3 rings (SSSR count).